The fourth-order valence-electron chi connectivity index (χ4n) is 12.1. The summed E-state index contributed by atoms with van der Waals surface area (Å²) in [5, 5.41) is 9.93. The Balaban J connectivity index is 0.995. The molecule has 1 nitrogen and oxygen atoms in total. The van der Waals surface area contributed by atoms with Crippen molar-refractivity contribution >= 4 is 60.2 Å². The normalized spacial score (nSPS) is 13.9. The molecule has 0 aromatic heterocycles. The monoisotopic (exact) mass is 913 g/mol. The summed E-state index contributed by atoms with van der Waals surface area (Å²) in [5.74, 6) is 0. The molecule has 0 heterocycles. The van der Waals surface area contributed by atoms with Crippen molar-refractivity contribution in [3.8, 4) is 44.5 Å². The number of nitrogens with zero attached hydrogens (tertiary/aromatic N) is 1. The van der Waals surface area contributed by atoms with Crippen LogP contribution in [0.4, 0.5) is 17.1 Å². The van der Waals surface area contributed by atoms with Crippen LogP contribution in [0.2, 0.25) is 0 Å². The maximum Gasteiger partial charge on any atom is 0.0719 e. The summed E-state index contributed by atoms with van der Waals surface area (Å²) in [6.07, 6.45) is 0. The number of hydrogen-bond acceptors (Lipinski definition) is 1. The van der Waals surface area contributed by atoms with Gasteiger partial charge >= 0.3 is 0 Å². The van der Waals surface area contributed by atoms with Crippen LogP contribution < -0.4 is 4.90 Å². The Bertz CT molecular complexity index is 4080. The summed E-state index contributed by atoms with van der Waals surface area (Å²) in [5.41, 5.74) is 17.5. The lowest BCUT2D eigenvalue weighted by Gasteiger charge is -2.35. The minimum Gasteiger partial charge on any atom is -0.310 e. The fourth-order valence-corrected chi connectivity index (χ4v) is 12.1. The fraction of sp³-hybridized carbons (Fsp3) is 0.0141. The molecule has 13 aromatic rings. The van der Waals surface area contributed by atoms with E-state index in [2.05, 4.69) is 290 Å². The van der Waals surface area contributed by atoms with Crippen molar-refractivity contribution in [2.75, 3.05) is 4.90 Å². The van der Waals surface area contributed by atoms with Crippen molar-refractivity contribution < 1.29 is 0 Å². The highest BCUT2D eigenvalue weighted by molar-refractivity contribution is 6.03. The summed E-state index contributed by atoms with van der Waals surface area (Å²) in [4.78, 5) is 2.45. The van der Waals surface area contributed by atoms with Gasteiger partial charge in [0, 0.05) is 16.9 Å². The number of hydrogen-bond donors (Lipinski definition) is 0. The van der Waals surface area contributed by atoms with E-state index < -0.39 is 5.41 Å². The van der Waals surface area contributed by atoms with Crippen LogP contribution >= 0.6 is 0 Å². The first kappa shape index (κ1) is 41.7. The highest BCUT2D eigenvalue weighted by Gasteiger charge is 2.48. The predicted octanol–water partition coefficient (Wildman–Crippen LogP) is 19.1. The quantitative estimate of drug-likeness (QED) is 0.147. The number of benzene rings is 13. The van der Waals surface area contributed by atoms with E-state index in [9.17, 15) is 0 Å². The van der Waals surface area contributed by atoms with Gasteiger partial charge in [-0.1, -0.05) is 249 Å². The summed E-state index contributed by atoms with van der Waals surface area (Å²) >= 11 is 0. The van der Waals surface area contributed by atoms with E-state index in [0.29, 0.717) is 0 Å². The topological polar surface area (TPSA) is 3.24 Å². The van der Waals surface area contributed by atoms with Crippen molar-refractivity contribution in [2.24, 2.45) is 0 Å². The van der Waals surface area contributed by atoms with Crippen molar-refractivity contribution in [1.29, 1.82) is 0 Å². The van der Waals surface area contributed by atoms with Gasteiger partial charge < -0.3 is 4.90 Å². The zero-order chi connectivity index (χ0) is 47.6. The lowest BCUT2D eigenvalue weighted by atomic mass is 9.66. The van der Waals surface area contributed by atoms with Gasteiger partial charge in [0.1, 0.15) is 0 Å². The molecule has 0 saturated carbocycles. The Morgan fingerprint density at radius 2 is 0.681 bits per heavy atom. The van der Waals surface area contributed by atoms with Gasteiger partial charge in [0.15, 0.2) is 0 Å². The van der Waals surface area contributed by atoms with Gasteiger partial charge in [-0.15, -0.1) is 0 Å². The third-order valence-electron chi connectivity index (χ3n) is 15.3. The van der Waals surface area contributed by atoms with Gasteiger partial charge in [-0.05, 0) is 141 Å². The summed E-state index contributed by atoms with van der Waals surface area (Å²) < 4.78 is 0. The van der Waals surface area contributed by atoms with E-state index >= 15 is 0 Å². The van der Waals surface area contributed by atoms with E-state index in [0.717, 1.165) is 22.6 Å². The van der Waals surface area contributed by atoms with Crippen LogP contribution in [-0.2, 0) is 5.41 Å². The molecule has 0 bridgehead atoms. The summed E-state index contributed by atoms with van der Waals surface area (Å²) in [6.45, 7) is 0. The second-order valence-corrected chi connectivity index (χ2v) is 19.1. The number of para-hydroxylation sites is 1. The second kappa shape index (κ2) is 17.0. The van der Waals surface area contributed by atoms with Crippen molar-refractivity contribution in [3.63, 3.8) is 0 Å². The molecule has 1 aliphatic carbocycles. The Morgan fingerprint density at radius 3 is 1.33 bits per heavy atom. The van der Waals surface area contributed by atoms with E-state index in [1.54, 1.807) is 0 Å². The SMILES string of the molecule is c1ccc(N(c2ccc(-c3cccc4ccccc34)cc2)c2ccc(-c3cccc4ccccc34)cc2)c(-c2cccc3c2-c2ccccc2C3(c2ccc3ccccc3c2)c2cccc3ccccc23)c1. The lowest BCUT2D eigenvalue weighted by Crippen LogP contribution is -2.29. The Labute approximate surface area is 420 Å². The zero-order valence-corrected chi connectivity index (χ0v) is 39.6. The molecule has 1 unspecified atom stereocenters. The molecular formula is C71H47N. The standard InChI is InChI=1S/C71H47N/c1-2-21-54-47-55(42-37-48(54)17-1)71(66-34-15-24-51-20-5-8-27-62(51)66)67-33-11-9-29-65(67)70-64(32-16-35-68(70)71)63-28-10-12-36-69(63)72(56-43-38-52(39-44-56)60-30-13-22-49-18-3-6-25-58(49)60)57-45-40-53(41-46-57)61-31-14-23-50-19-4-7-26-59(50)61/h1-47H. The molecular weight excluding hydrogens is 867 g/mol. The molecule has 0 spiro atoms. The number of anilines is 3. The molecule has 1 atom stereocenters. The molecule has 336 valence electrons. The van der Waals surface area contributed by atoms with Gasteiger partial charge in [-0.2, -0.15) is 0 Å². The van der Waals surface area contributed by atoms with Crippen LogP contribution in [0.5, 0.6) is 0 Å². The van der Waals surface area contributed by atoms with Gasteiger partial charge in [0.2, 0.25) is 0 Å². The van der Waals surface area contributed by atoms with Crippen LogP contribution in [0, 0.1) is 0 Å². The summed E-state index contributed by atoms with van der Waals surface area (Å²) in [7, 11) is 0. The van der Waals surface area contributed by atoms with E-state index in [1.165, 1.54) is 104 Å². The van der Waals surface area contributed by atoms with Gasteiger partial charge in [0.25, 0.3) is 0 Å². The molecule has 14 rings (SSSR count). The average molecular weight is 914 g/mol. The third-order valence-corrected chi connectivity index (χ3v) is 15.3. The molecule has 0 amide bonds. The smallest absolute Gasteiger partial charge is 0.0719 e. The molecule has 0 radical (unpaired) electrons. The predicted molar refractivity (Wildman–Crippen MR) is 305 cm³/mol. The average Bonchev–Trinajstić information content (AvgIpc) is 3.76. The molecule has 0 fully saturated rings. The molecule has 1 heteroatoms. The van der Waals surface area contributed by atoms with Gasteiger partial charge in [0.05, 0.1) is 11.1 Å². The first-order valence-electron chi connectivity index (χ1n) is 25.0. The largest absolute Gasteiger partial charge is 0.310 e. The molecule has 0 aliphatic heterocycles. The van der Waals surface area contributed by atoms with Gasteiger partial charge in [-0.25, -0.2) is 0 Å². The maximum absolute atomic E-state index is 2.45. The van der Waals surface area contributed by atoms with Crippen molar-refractivity contribution in [1.82, 2.24) is 0 Å². The number of fused-ring (bicyclic) bond motifs is 7. The van der Waals surface area contributed by atoms with Gasteiger partial charge in [-0.3, -0.25) is 0 Å². The molecule has 72 heavy (non-hydrogen) atoms. The Kier molecular flexibility index (Phi) is 9.82. The third kappa shape index (κ3) is 6.55. The number of rotatable bonds is 8. The second-order valence-electron chi connectivity index (χ2n) is 19.1. The minimum absolute atomic E-state index is 0.615. The Hall–Kier alpha value is -9.30. The van der Waals surface area contributed by atoms with E-state index in [-0.39, 0.29) is 0 Å². The minimum atomic E-state index is -0.615. The highest BCUT2D eigenvalue weighted by atomic mass is 15.1. The van der Waals surface area contributed by atoms with Crippen LogP contribution in [0.3, 0.4) is 0 Å². The van der Waals surface area contributed by atoms with Crippen LogP contribution in [0.25, 0.3) is 87.6 Å². The first-order chi connectivity index (χ1) is 35.7. The Morgan fingerprint density at radius 1 is 0.250 bits per heavy atom. The highest BCUT2D eigenvalue weighted by Crippen LogP contribution is 2.60. The molecule has 0 saturated heterocycles. The van der Waals surface area contributed by atoms with Crippen LogP contribution in [0.1, 0.15) is 22.3 Å². The van der Waals surface area contributed by atoms with Crippen LogP contribution in [0.15, 0.2) is 285 Å². The molecule has 13 aromatic carbocycles. The van der Waals surface area contributed by atoms with Crippen molar-refractivity contribution in [3.05, 3.63) is 307 Å². The summed E-state index contributed by atoms with van der Waals surface area (Å²) in [6, 6.07) is 106. The maximum atomic E-state index is 2.45. The lowest BCUT2D eigenvalue weighted by molar-refractivity contribution is 0.778. The first-order valence-corrected chi connectivity index (χ1v) is 25.0. The van der Waals surface area contributed by atoms with Crippen molar-refractivity contribution in [2.45, 2.75) is 5.41 Å². The van der Waals surface area contributed by atoms with E-state index in [4.69, 9.17) is 0 Å². The van der Waals surface area contributed by atoms with Crippen LogP contribution in [-0.4, -0.2) is 0 Å². The zero-order valence-electron chi connectivity index (χ0n) is 39.6. The molecule has 0 N–H and O–H groups in total. The molecule has 1 aliphatic rings. The van der Waals surface area contributed by atoms with E-state index in [1.807, 2.05) is 0 Å².